The lowest BCUT2D eigenvalue weighted by Gasteiger charge is -2.21. The molecule has 0 fully saturated rings. The Morgan fingerprint density at radius 1 is 0.485 bits per heavy atom. The summed E-state index contributed by atoms with van der Waals surface area (Å²) < 4.78 is 0. The third-order valence-corrected chi connectivity index (χ3v) is 10.2. The minimum atomic E-state index is -1.91. The predicted octanol–water partition coefficient (Wildman–Crippen LogP) is 6.28. The summed E-state index contributed by atoms with van der Waals surface area (Å²) in [6.07, 6.45) is 0. The van der Waals surface area contributed by atoms with Crippen LogP contribution >= 0.6 is 0 Å². The summed E-state index contributed by atoms with van der Waals surface area (Å²) in [7, 11) is -1.91. The highest BCUT2D eigenvalue weighted by molar-refractivity contribution is 7.04. The van der Waals surface area contributed by atoms with Crippen LogP contribution in [0.3, 0.4) is 0 Å². The summed E-state index contributed by atoms with van der Waals surface area (Å²) in [5.41, 5.74) is 8.07. The van der Waals surface area contributed by atoms with Gasteiger partial charge in [0.25, 0.3) is 0 Å². The molecule has 2 nitrogen and oxygen atoms in total. The molecule has 6 rings (SSSR count). The van der Waals surface area contributed by atoms with Gasteiger partial charge in [-0.3, -0.25) is 0 Å². The standard InChI is InChI=1S/C30H24N2Si/c1-33(2)26-16-10-9-15-25(26)28-29(33)27(23-13-7-4-8-14-23)31-30(32-28)24-19-17-22(18-20-24)21-11-5-3-6-12-21/h3-20H,1-2H3. The molecule has 1 aliphatic rings. The Labute approximate surface area is 195 Å². The van der Waals surface area contributed by atoms with Crippen LogP contribution < -0.4 is 10.4 Å². The quantitative estimate of drug-likeness (QED) is 0.309. The molecule has 2 heterocycles. The van der Waals surface area contributed by atoms with E-state index >= 15 is 0 Å². The first-order valence-corrected chi connectivity index (χ1v) is 14.4. The third kappa shape index (κ3) is 3.24. The first-order chi connectivity index (χ1) is 16.1. The van der Waals surface area contributed by atoms with Gasteiger partial charge in [-0.2, -0.15) is 0 Å². The van der Waals surface area contributed by atoms with E-state index in [1.807, 2.05) is 6.07 Å². The van der Waals surface area contributed by atoms with Crippen LogP contribution in [0.25, 0.3) is 45.0 Å². The van der Waals surface area contributed by atoms with Crippen LogP contribution in [0.15, 0.2) is 109 Å². The van der Waals surface area contributed by atoms with E-state index in [-0.39, 0.29) is 0 Å². The predicted molar refractivity (Wildman–Crippen MR) is 141 cm³/mol. The smallest absolute Gasteiger partial charge is 0.160 e. The van der Waals surface area contributed by atoms with Crippen molar-refractivity contribution in [1.82, 2.24) is 9.97 Å². The van der Waals surface area contributed by atoms with Crippen molar-refractivity contribution in [2.45, 2.75) is 13.1 Å². The molecule has 4 aromatic carbocycles. The number of hydrogen-bond acceptors (Lipinski definition) is 2. The molecule has 0 atom stereocenters. The van der Waals surface area contributed by atoms with Gasteiger partial charge in [0.2, 0.25) is 0 Å². The Hall–Kier alpha value is -3.82. The number of fused-ring (bicyclic) bond motifs is 3. The number of benzene rings is 4. The molecule has 0 saturated carbocycles. The molecule has 1 aromatic heterocycles. The van der Waals surface area contributed by atoms with Gasteiger partial charge >= 0.3 is 0 Å². The van der Waals surface area contributed by atoms with Gasteiger partial charge in [0, 0.05) is 11.1 Å². The molecule has 0 aliphatic carbocycles. The second-order valence-corrected chi connectivity index (χ2v) is 13.4. The first kappa shape index (κ1) is 19.8. The van der Waals surface area contributed by atoms with Crippen LogP contribution in [0.1, 0.15) is 0 Å². The van der Waals surface area contributed by atoms with E-state index < -0.39 is 8.07 Å². The minimum absolute atomic E-state index is 0.786. The van der Waals surface area contributed by atoms with Gasteiger partial charge in [0.1, 0.15) is 8.07 Å². The molecule has 0 N–H and O–H groups in total. The van der Waals surface area contributed by atoms with Crippen molar-refractivity contribution in [1.29, 1.82) is 0 Å². The van der Waals surface area contributed by atoms with Crippen LogP contribution in [-0.4, -0.2) is 18.0 Å². The summed E-state index contributed by atoms with van der Waals surface area (Å²) in [6, 6.07) is 38.4. The zero-order valence-electron chi connectivity index (χ0n) is 18.8. The van der Waals surface area contributed by atoms with Crippen LogP contribution in [-0.2, 0) is 0 Å². The fourth-order valence-corrected chi connectivity index (χ4v) is 8.23. The Bertz CT molecular complexity index is 1460. The highest BCUT2D eigenvalue weighted by Gasteiger charge is 2.41. The number of aromatic nitrogens is 2. The number of nitrogens with zero attached hydrogens (tertiary/aromatic N) is 2. The minimum Gasteiger partial charge on any atom is -0.228 e. The second kappa shape index (κ2) is 7.64. The average molecular weight is 441 g/mol. The lowest BCUT2D eigenvalue weighted by molar-refractivity contribution is 1.20. The average Bonchev–Trinajstić information content (AvgIpc) is 3.12. The van der Waals surface area contributed by atoms with Gasteiger partial charge in [-0.05, 0) is 27.1 Å². The van der Waals surface area contributed by atoms with Gasteiger partial charge in [-0.1, -0.05) is 122 Å². The summed E-state index contributed by atoms with van der Waals surface area (Å²) >= 11 is 0. The zero-order valence-corrected chi connectivity index (χ0v) is 19.8. The molecule has 0 spiro atoms. The first-order valence-electron chi connectivity index (χ1n) is 11.4. The van der Waals surface area contributed by atoms with Gasteiger partial charge in [0.15, 0.2) is 5.82 Å². The van der Waals surface area contributed by atoms with Crippen molar-refractivity contribution < 1.29 is 0 Å². The van der Waals surface area contributed by atoms with Crippen LogP contribution in [0.5, 0.6) is 0 Å². The summed E-state index contributed by atoms with van der Waals surface area (Å²) in [5, 5.41) is 2.79. The highest BCUT2D eigenvalue weighted by Crippen LogP contribution is 2.33. The van der Waals surface area contributed by atoms with E-state index in [4.69, 9.17) is 9.97 Å². The Morgan fingerprint density at radius 2 is 1.00 bits per heavy atom. The normalized spacial score (nSPS) is 13.4. The number of rotatable bonds is 3. The number of hydrogen-bond donors (Lipinski definition) is 0. The SMILES string of the molecule is C[Si]1(C)c2ccccc2-c2nc(-c3ccc(-c4ccccc4)cc3)nc(-c3ccccc3)c21. The van der Waals surface area contributed by atoms with Gasteiger partial charge in [-0.25, -0.2) is 9.97 Å². The molecule has 1 aliphatic heterocycles. The van der Waals surface area contributed by atoms with Crippen molar-refractivity contribution in [3.63, 3.8) is 0 Å². The topological polar surface area (TPSA) is 25.8 Å². The fraction of sp³-hybridized carbons (Fsp3) is 0.0667. The second-order valence-electron chi connectivity index (χ2n) is 9.10. The molecular weight excluding hydrogens is 416 g/mol. The highest BCUT2D eigenvalue weighted by atomic mass is 28.3. The zero-order chi connectivity index (χ0) is 22.4. The third-order valence-electron chi connectivity index (χ3n) is 6.69. The molecule has 0 unspecified atom stereocenters. The molecule has 0 bridgehead atoms. The van der Waals surface area contributed by atoms with Crippen molar-refractivity contribution in [2.75, 3.05) is 0 Å². The van der Waals surface area contributed by atoms with Crippen molar-refractivity contribution >= 4 is 18.4 Å². The van der Waals surface area contributed by atoms with E-state index in [9.17, 15) is 0 Å². The molecule has 5 aromatic rings. The van der Waals surface area contributed by atoms with Crippen molar-refractivity contribution in [3.8, 4) is 45.0 Å². The maximum atomic E-state index is 5.19. The maximum absolute atomic E-state index is 5.19. The molecular formula is C30H24N2Si. The Morgan fingerprint density at radius 3 is 1.70 bits per heavy atom. The molecule has 0 saturated heterocycles. The lowest BCUT2D eigenvalue weighted by Crippen LogP contribution is -2.50. The van der Waals surface area contributed by atoms with Crippen LogP contribution in [0.2, 0.25) is 13.1 Å². The molecule has 33 heavy (non-hydrogen) atoms. The van der Waals surface area contributed by atoms with E-state index in [2.05, 4.69) is 116 Å². The summed E-state index contributed by atoms with van der Waals surface area (Å²) in [4.78, 5) is 10.4. The van der Waals surface area contributed by atoms with E-state index in [0.717, 1.165) is 28.3 Å². The van der Waals surface area contributed by atoms with Gasteiger partial charge < -0.3 is 0 Å². The molecule has 0 amide bonds. The van der Waals surface area contributed by atoms with E-state index in [1.54, 1.807) is 0 Å². The van der Waals surface area contributed by atoms with Crippen molar-refractivity contribution in [3.05, 3.63) is 109 Å². The fourth-order valence-electron chi connectivity index (χ4n) is 4.99. The summed E-state index contributed by atoms with van der Waals surface area (Å²) in [6.45, 7) is 4.84. The van der Waals surface area contributed by atoms with E-state index in [1.165, 1.54) is 27.1 Å². The molecule has 0 radical (unpaired) electrons. The van der Waals surface area contributed by atoms with Gasteiger partial charge in [0.05, 0.1) is 11.4 Å². The van der Waals surface area contributed by atoms with Crippen LogP contribution in [0, 0.1) is 0 Å². The molecule has 3 heteroatoms. The molecule has 158 valence electrons. The Kier molecular flexibility index (Phi) is 4.59. The maximum Gasteiger partial charge on any atom is 0.160 e. The monoisotopic (exact) mass is 440 g/mol. The van der Waals surface area contributed by atoms with Crippen LogP contribution in [0.4, 0.5) is 0 Å². The van der Waals surface area contributed by atoms with Crippen molar-refractivity contribution in [2.24, 2.45) is 0 Å². The Balaban J connectivity index is 1.56. The summed E-state index contributed by atoms with van der Waals surface area (Å²) in [5.74, 6) is 0.786. The lowest BCUT2D eigenvalue weighted by atomic mass is 10.0. The van der Waals surface area contributed by atoms with E-state index in [0.29, 0.717) is 0 Å². The largest absolute Gasteiger partial charge is 0.228 e. The van der Waals surface area contributed by atoms with Gasteiger partial charge in [-0.15, -0.1) is 0 Å².